The molecule has 0 aliphatic heterocycles. The van der Waals surface area contributed by atoms with E-state index in [4.69, 9.17) is 27.9 Å². The molecule has 5 nitrogen and oxygen atoms in total. The van der Waals surface area contributed by atoms with Crippen LogP contribution < -0.4 is 10.1 Å². The highest BCUT2D eigenvalue weighted by atomic mass is 35.5. The Labute approximate surface area is 218 Å². The van der Waals surface area contributed by atoms with Gasteiger partial charge in [0.05, 0.1) is 15.6 Å². The van der Waals surface area contributed by atoms with Crippen molar-refractivity contribution >= 4 is 51.5 Å². The summed E-state index contributed by atoms with van der Waals surface area (Å²) in [6.45, 7) is 2.31. The van der Waals surface area contributed by atoms with E-state index in [0.29, 0.717) is 28.5 Å². The first-order valence-electron chi connectivity index (χ1n) is 11.0. The Hall–Kier alpha value is -3.29. The van der Waals surface area contributed by atoms with Crippen LogP contribution in [-0.4, -0.2) is 5.91 Å². The normalized spacial score (nSPS) is 12.9. The highest BCUT2D eigenvalue weighted by Crippen LogP contribution is 2.38. The average Bonchev–Trinajstić information content (AvgIpc) is 3.19. The largest absolute Gasteiger partial charge is 0.486 e. The minimum Gasteiger partial charge on any atom is -0.486 e. The van der Waals surface area contributed by atoms with Gasteiger partial charge in [-0.05, 0) is 67.5 Å². The number of fused-ring (bicyclic) bond motifs is 1. The number of thiophene rings is 1. The van der Waals surface area contributed by atoms with Crippen molar-refractivity contribution in [3.8, 4) is 17.9 Å². The van der Waals surface area contributed by atoms with Gasteiger partial charge in [-0.15, -0.1) is 11.3 Å². The highest BCUT2D eigenvalue weighted by molar-refractivity contribution is 7.16. The third-order valence-corrected chi connectivity index (χ3v) is 7.48. The number of hydrogen-bond acceptors (Lipinski definition) is 5. The molecule has 8 heteroatoms. The van der Waals surface area contributed by atoms with Crippen LogP contribution in [0, 0.1) is 29.6 Å². The third kappa shape index (κ3) is 5.69. The molecule has 4 rings (SSSR count). The van der Waals surface area contributed by atoms with Gasteiger partial charge in [0, 0.05) is 4.88 Å². The molecule has 0 atom stereocenters. The Morgan fingerprint density at radius 1 is 1.14 bits per heavy atom. The summed E-state index contributed by atoms with van der Waals surface area (Å²) in [4.78, 5) is 14.0. The number of nitrogens with one attached hydrogen (secondary N) is 1. The number of aryl methyl sites for hydroxylation is 2. The number of nitrogens with zero attached hydrogens (tertiary/aromatic N) is 2. The molecule has 1 amide bonds. The number of nitriles is 2. The molecular weight excluding hydrogens is 501 g/mol. The number of benzene rings is 2. The fourth-order valence-corrected chi connectivity index (χ4v) is 5.75. The minimum atomic E-state index is -0.588. The number of anilines is 1. The van der Waals surface area contributed by atoms with Gasteiger partial charge in [-0.25, -0.2) is 0 Å². The molecule has 2 aromatic carbocycles. The fraction of sp³-hybridized carbons (Fsp3) is 0.222. The zero-order chi connectivity index (χ0) is 24.9. The molecule has 1 N–H and O–H groups in total. The van der Waals surface area contributed by atoms with E-state index in [0.717, 1.165) is 47.3 Å². The Kier molecular flexibility index (Phi) is 7.78. The maximum Gasteiger partial charge on any atom is 0.266 e. The maximum absolute atomic E-state index is 12.9. The van der Waals surface area contributed by atoms with Crippen LogP contribution in [0.2, 0.25) is 10.0 Å². The molecule has 0 radical (unpaired) electrons. The van der Waals surface area contributed by atoms with Gasteiger partial charge in [-0.2, -0.15) is 10.5 Å². The van der Waals surface area contributed by atoms with E-state index in [1.54, 1.807) is 12.1 Å². The smallest absolute Gasteiger partial charge is 0.266 e. The van der Waals surface area contributed by atoms with Gasteiger partial charge in [-0.1, -0.05) is 53.0 Å². The second kappa shape index (κ2) is 11.0. The predicted octanol–water partition coefficient (Wildman–Crippen LogP) is 7.24. The lowest BCUT2D eigenvalue weighted by molar-refractivity contribution is -0.112. The topological polar surface area (TPSA) is 85.9 Å². The van der Waals surface area contributed by atoms with E-state index in [1.165, 1.54) is 17.4 Å². The number of carbonyl (C=O) groups is 1. The predicted molar refractivity (Wildman–Crippen MR) is 140 cm³/mol. The molecule has 1 aliphatic rings. The molecule has 1 aromatic heterocycles. The van der Waals surface area contributed by atoms with Crippen LogP contribution >= 0.6 is 34.5 Å². The zero-order valence-electron chi connectivity index (χ0n) is 19.0. The van der Waals surface area contributed by atoms with Crippen molar-refractivity contribution in [2.24, 2.45) is 0 Å². The summed E-state index contributed by atoms with van der Waals surface area (Å²) < 4.78 is 5.81. The van der Waals surface area contributed by atoms with Crippen LogP contribution in [0.4, 0.5) is 5.00 Å². The Balaban J connectivity index is 1.52. The second-order valence-corrected chi connectivity index (χ2v) is 10.2. The number of hydrogen-bond donors (Lipinski definition) is 1. The van der Waals surface area contributed by atoms with Crippen molar-refractivity contribution in [1.29, 1.82) is 10.5 Å². The van der Waals surface area contributed by atoms with E-state index < -0.39 is 5.91 Å². The summed E-state index contributed by atoms with van der Waals surface area (Å²) in [6, 6.07) is 15.2. The van der Waals surface area contributed by atoms with Crippen LogP contribution in [0.5, 0.6) is 5.75 Å². The summed E-state index contributed by atoms with van der Waals surface area (Å²) in [5.41, 5.74) is 4.00. The van der Waals surface area contributed by atoms with Gasteiger partial charge in [0.25, 0.3) is 5.91 Å². The van der Waals surface area contributed by atoms with Crippen molar-refractivity contribution in [1.82, 2.24) is 0 Å². The molecule has 35 heavy (non-hydrogen) atoms. The van der Waals surface area contributed by atoms with E-state index in [1.807, 2.05) is 37.3 Å². The molecule has 0 spiro atoms. The zero-order valence-corrected chi connectivity index (χ0v) is 21.3. The summed E-state index contributed by atoms with van der Waals surface area (Å²) in [6.07, 6.45) is 5.25. The first-order valence-corrected chi connectivity index (χ1v) is 12.6. The molecule has 0 fully saturated rings. The Morgan fingerprint density at radius 2 is 1.83 bits per heavy atom. The molecule has 0 bridgehead atoms. The number of rotatable bonds is 6. The van der Waals surface area contributed by atoms with Crippen LogP contribution in [0.25, 0.3) is 6.08 Å². The van der Waals surface area contributed by atoms with Gasteiger partial charge >= 0.3 is 0 Å². The van der Waals surface area contributed by atoms with Crippen LogP contribution in [-0.2, 0) is 24.2 Å². The van der Waals surface area contributed by atoms with Gasteiger partial charge in [0.1, 0.15) is 29.3 Å². The van der Waals surface area contributed by atoms with Crippen molar-refractivity contribution < 1.29 is 9.53 Å². The molecule has 0 saturated heterocycles. The summed E-state index contributed by atoms with van der Waals surface area (Å²) in [5, 5.41) is 23.0. The van der Waals surface area contributed by atoms with Gasteiger partial charge in [0.15, 0.2) is 5.75 Å². The molecule has 3 aromatic rings. The average molecular weight is 522 g/mol. The number of amides is 1. The molecule has 0 saturated carbocycles. The standard InChI is InChI=1S/C27H21Cl2N3O2S/c1-16-6-8-17(9-7-16)15-34-25-22(28)11-18(12-23(25)29)10-19(13-30)26(33)32-27-21(14-31)20-4-2-3-5-24(20)35-27/h6-12H,2-5,15H2,1H3,(H,32,33)/b19-10+. The van der Waals surface area contributed by atoms with E-state index in [9.17, 15) is 15.3 Å². The van der Waals surface area contributed by atoms with Crippen LogP contribution in [0.15, 0.2) is 42.0 Å². The monoisotopic (exact) mass is 521 g/mol. The molecule has 1 heterocycles. The fourth-order valence-electron chi connectivity index (χ4n) is 3.90. The van der Waals surface area contributed by atoms with Gasteiger partial charge < -0.3 is 10.1 Å². The summed E-state index contributed by atoms with van der Waals surface area (Å²) >= 11 is 14.2. The Morgan fingerprint density at radius 3 is 2.49 bits per heavy atom. The quantitative estimate of drug-likeness (QED) is 0.273. The SMILES string of the molecule is Cc1ccc(COc2c(Cl)cc(/C=C(\C#N)C(=O)Nc3sc4c(c3C#N)CCCC4)cc2Cl)cc1. The molecule has 176 valence electrons. The molecule has 0 unspecified atom stereocenters. The van der Waals surface area contributed by atoms with E-state index in [-0.39, 0.29) is 15.6 Å². The first-order chi connectivity index (χ1) is 16.9. The summed E-state index contributed by atoms with van der Waals surface area (Å²) in [5.74, 6) is -0.258. The lowest BCUT2D eigenvalue weighted by atomic mass is 9.96. The lowest BCUT2D eigenvalue weighted by Crippen LogP contribution is -2.13. The van der Waals surface area contributed by atoms with Crippen LogP contribution in [0.1, 0.15) is 45.5 Å². The van der Waals surface area contributed by atoms with Crippen molar-refractivity contribution in [3.05, 3.63) is 84.7 Å². The van der Waals surface area contributed by atoms with E-state index in [2.05, 4.69) is 11.4 Å². The molecule has 1 aliphatic carbocycles. The number of ether oxygens (including phenoxy) is 1. The lowest BCUT2D eigenvalue weighted by Gasteiger charge is -2.11. The third-order valence-electron chi connectivity index (χ3n) is 5.71. The number of carbonyl (C=O) groups excluding carboxylic acids is 1. The second-order valence-electron chi connectivity index (χ2n) is 8.24. The van der Waals surface area contributed by atoms with E-state index >= 15 is 0 Å². The number of halogens is 2. The van der Waals surface area contributed by atoms with Gasteiger partial charge in [-0.3, -0.25) is 4.79 Å². The van der Waals surface area contributed by atoms with Crippen molar-refractivity contribution in [2.75, 3.05) is 5.32 Å². The minimum absolute atomic E-state index is 0.124. The highest BCUT2D eigenvalue weighted by Gasteiger charge is 2.23. The van der Waals surface area contributed by atoms with Crippen LogP contribution in [0.3, 0.4) is 0 Å². The molecular formula is C27H21Cl2N3O2S. The van der Waals surface area contributed by atoms with Crippen molar-refractivity contribution in [2.45, 2.75) is 39.2 Å². The Bertz CT molecular complexity index is 1370. The van der Waals surface area contributed by atoms with Gasteiger partial charge in [0.2, 0.25) is 0 Å². The maximum atomic E-state index is 12.9. The van der Waals surface area contributed by atoms with Crippen molar-refractivity contribution in [3.63, 3.8) is 0 Å². The first kappa shape index (κ1) is 24.8. The summed E-state index contributed by atoms with van der Waals surface area (Å²) in [7, 11) is 0.